The second-order valence-electron chi connectivity index (χ2n) is 4.71. The molecule has 0 heterocycles. The summed E-state index contributed by atoms with van der Waals surface area (Å²) in [6, 6.07) is 14.4. The molecular formula is C16H15BrClNO2. The van der Waals surface area contributed by atoms with Crippen LogP contribution in [-0.4, -0.2) is 11.1 Å². The number of carboxylic acid groups (broad SMARTS) is 1. The van der Waals surface area contributed by atoms with E-state index in [0.717, 1.165) is 4.47 Å². The first kappa shape index (κ1) is 15.9. The van der Waals surface area contributed by atoms with Crippen LogP contribution in [0.2, 0.25) is 5.02 Å². The van der Waals surface area contributed by atoms with E-state index >= 15 is 0 Å². The molecule has 0 bridgehead atoms. The van der Waals surface area contributed by atoms with Gasteiger partial charge in [0.25, 0.3) is 0 Å². The van der Waals surface area contributed by atoms with Gasteiger partial charge in [-0.15, -0.1) is 0 Å². The molecule has 0 aliphatic carbocycles. The van der Waals surface area contributed by atoms with Crippen LogP contribution in [0.15, 0.2) is 53.0 Å². The molecule has 0 radical (unpaired) electrons. The van der Waals surface area contributed by atoms with Gasteiger partial charge in [0.05, 0.1) is 0 Å². The highest BCUT2D eigenvalue weighted by molar-refractivity contribution is 9.10. The molecule has 5 heteroatoms. The second-order valence-corrected chi connectivity index (χ2v) is 6.06. The number of hydrogen-bond acceptors (Lipinski definition) is 2. The Morgan fingerprint density at radius 1 is 1.29 bits per heavy atom. The van der Waals surface area contributed by atoms with E-state index in [0.29, 0.717) is 22.7 Å². The van der Waals surface area contributed by atoms with Gasteiger partial charge >= 0.3 is 5.97 Å². The van der Waals surface area contributed by atoms with Crippen LogP contribution in [0.25, 0.3) is 0 Å². The molecule has 2 aromatic rings. The summed E-state index contributed by atoms with van der Waals surface area (Å²) in [4.78, 5) is 11.9. The third kappa shape index (κ3) is 3.39. The van der Waals surface area contributed by atoms with Crippen molar-refractivity contribution in [1.82, 2.24) is 0 Å². The minimum atomic E-state index is -1.20. The lowest BCUT2D eigenvalue weighted by molar-refractivity contribution is -0.142. The first-order valence-corrected chi connectivity index (χ1v) is 7.68. The maximum atomic E-state index is 11.9. The zero-order valence-corrected chi connectivity index (χ0v) is 13.8. The fraction of sp³-hybridized carbons (Fsp3) is 0.188. The summed E-state index contributed by atoms with van der Waals surface area (Å²) in [5, 5.41) is 13.5. The molecule has 2 rings (SSSR count). The number of benzene rings is 2. The van der Waals surface area contributed by atoms with Crippen molar-refractivity contribution < 1.29 is 9.90 Å². The molecule has 1 unspecified atom stereocenters. The van der Waals surface area contributed by atoms with Gasteiger partial charge < -0.3 is 10.4 Å². The van der Waals surface area contributed by atoms with Gasteiger partial charge in [0.15, 0.2) is 5.54 Å². The van der Waals surface area contributed by atoms with E-state index in [1.165, 1.54) is 0 Å². The Hall–Kier alpha value is -1.52. The second kappa shape index (κ2) is 6.50. The fourth-order valence-corrected chi connectivity index (χ4v) is 2.85. The van der Waals surface area contributed by atoms with Gasteiger partial charge in [-0.25, -0.2) is 4.79 Å². The van der Waals surface area contributed by atoms with E-state index in [-0.39, 0.29) is 0 Å². The molecule has 2 N–H and O–H groups in total. The molecule has 0 aromatic heterocycles. The number of aliphatic carboxylic acids is 1. The summed E-state index contributed by atoms with van der Waals surface area (Å²) in [5.41, 5.74) is 0.160. The zero-order chi connectivity index (χ0) is 15.5. The number of halogens is 2. The van der Waals surface area contributed by atoms with Gasteiger partial charge in [-0.1, -0.05) is 52.7 Å². The standard InChI is InChI=1S/C16H15BrClNO2/c1-2-16(15(20)21,11-5-3-6-12(17)9-11)19-14-8-4-7-13(18)10-14/h3-10,19H,2H2,1H3,(H,20,21). The Morgan fingerprint density at radius 2 is 2.00 bits per heavy atom. The van der Waals surface area contributed by atoms with Crippen molar-refractivity contribution in [1.29, 1.82) is 0 Å². The summed E-state index contributed by atoms with van der Waals surface area (Å²) in [7, 11) is 0. The Bertz CT molecular complexity index is 662. The Balaban J connectivity index is 2.49. The van der Waals surface area contributed by atoms with E-state index in [1.54, 1.807) is 30.3 Å². The van der Waals surface area contributed by atoms with Gasteiger partial charge in [-0.05, 0) is 42.3 Å². The normalized spacial score (nSPS) is 13.5. The van der Waals surface area contributed by atoms with E-state index < -0.39 is 11.5 Å². The number of rotatable bonds is 5. The summed E-state index contributed by atoms with van der Waals surface area (Å²) < 4.78 is 0.840. The Kier molecular flexibility index (Phi) is 4.91. The Morgan fingerprint density at radius 3 is 2.57 bits per heavy atom. The molecule has 0 saturated carbocycles. The van der Waals surface area contributed by atoms with Crippen molar-refractivity contribution in [2.45, 2.75) is 18.9 Å². The van der Waals surface area contributed by atoms with Gasteiger partial charge in [-0.3, -0.25) is 0 Å². The van der Waals surface area contributed by atoms with Crippen LogP contribution in [0.4, 0.5) is 5.69 Å². The lowest BCUT2D eigenvalue weighted by Crippen LogP contribution is -2.43. The highest BCUT2D eigenvalue weighted by Gasteiger charge is 2.38. The molecule has 21 heavy (non-hydrogen) atoms. The smallest absolute Gasteiger partial charge is 0.334 e. The van der Waals surface area contributed by atoms with Crippen LogP contribution in [0.5, 0.6) is 0 Å². The molecule has 2 aromatic carbocycles. The van der Waals surface area contributed by atoms with Gasteiger partial charge in [0, 0.05) is 15.2 Å². The monoisotopic (exact) mass is 367 g/mol. The predicted octanol–water partition coefficient (Wildman–Crippen LogP) is 4.90. The molecule has 0 amide bonds. The van der Waals surface area contributed by atoms with Crippen molar-refractivity contribution >= 4 is 39.2 Å². The SMILES string of the molecule is CCC(Nc1cccc(Cl)c1)(C(=O)O)c1cccc(Br)c1. The Labute approximate surface area is 137 Å². The quantitative estimate of drug-likeness (QED) is 0.789. The third-order valence-electron chi connectivity index (χ3n) is 3.40. The van der Waals surface area contributed by atoms with Crippen molar-refractivity contribution in [3.8, 4) is 0 Å². The summed E-state index contributed by atoms with van der Waals surface area (Å²) in [5.74, 6) is -0.928. The lowest BCUT2D eigenvalue weighted by atomic mass is 9.87. The molecular weight excluding hydrogens is 354 g/mol. The molecule has 0 aliphatic heterocycles. The van der Waals surface area contributed by atoms with Gasteiger partial charge in [0.1, 0.15) is 0 Å². The number of nitrogens with one attached hydrogen (secondary N) is 1. The minimum absolute atomic E-state index is 0.394. The third-order valence-corrected chi connectivity index (χ3v) is 4.12. The highest BCUT2D eigenvalue weighted by Crippen LogP contribution is 2.32. The van der Waals surface area contributed by atoms with E-state index in [4.69, 9.17) is 11.6 Å². The van der Waals surface area contributed by atoms with Crippen LogP contribution in [0, 0.1) is 0 Å². The largest absolute Gasteiger partial charge is 0.479 e. The first-order chi connectivity index (χ1) is 9.98. The zero-order valence-electron chi connectivity index (χ0n) is 11.4. The maximum Gasteiger partial charge on any atom is 0.334 e. The van der Waals surface area contributed by atoms with Gasteiger partial charge in [-0.2, -0.15) is 0 Å². The van der Waals surface area contributed by atoms with Gasteiger partial charge in [0.2, 0.25) is 0 Å². The van der Waals surface area contributed by atoms with Crippen LogP contribution in [0.3, 0.4) is 0 Å². The van der Waals surface area contributed by atoms with Crippen molar-refractivity contribution in [3.05, 3.63) is 63.6 Å². The molecule has 0 spiro atoms. The van der Waals surface area contributed by atoms with Crippen LogP contribution in [0.1, 0.15) is 18.9 Å². The van der Waals surface area contributed by atoms with E-state index in [9.17, 15) is 9.90 Å². The number of carbonyl (C=O) groups is 1. The van der Waals surface area contributed by atoms with E-state index in [1.807, 2.05) is 25.1 Å². The molecule has 0 saturated heterocycles. The summed E-state index contributed by atoms with van der Waals surface area (Å²) in [6.07, 6.45) is 0.394. The van der Waals surface area contributed by atoms with Crippen LogP contribution in [-0.2, 0) is 10.3 Å². The van der Waals surface area contributed by atoms with Crippen molar-refractivity contribution in [2.24, 2.45) is 0 Å². The van der Waals surface area contributed by atoms with Crippen LogP contribution < -0.4 is 5.32 Å². The average molecular weight is 369 g/mol. The minimum Gasteiger partial charge on any atom is -0.479 e. The van der Waals surface area contributed by atoms with Crippen LogP contribution >= 0.6 is 27.5 Å². The number of anilines is 1. The molecule has 3 nitrogen and oxygen atoms in total. The fourth-order valence-electron chi connectivity index (χ4n) is 2.26. The van der Waals surface area contributed by atoms with E-state index in [2.05, 4.69) is 21.2 Å². The molecule has 1 atom stereocenters. The predicted molar refractivity (Wildman–Crippen MR) is 88.8 cm³/mol. The summed E-state index contributed by atoms with van der Waals surface area (Å²) in [6.45, 7) is 1.84. The van der Waals surface area contributed by atoms with Crippen molar-refractivity contribution in [2.75, 3.05) is 5.32 Å². The average Bonchev–Trinajstić information content (AvgIpc) is 2.44. The topological polar surface area (TPSA) is 49.3 Å². The number of hydrogen-bond donors (Lipinski definition) is 2. The summed E-state index contributed by atoms with van der Waals surface area (Å²) >= 11 is 9.36. The molecule has 0 fully saturated rings. The van der Waals surface area contributed by atoms with Crippen molar-refractivity contribution in [3.63, 3.8) is 0 Å². The highest BCUT2D eigenvalue weighted by atomic mass is 79.9. The lowest BCUT2D eigenvalue weighted by Gasteiger charge is -2.31. The maximum absolute atomic E-state index is 11.9. The molecule has 0 aliphatic rings. The molecule has 110 valence electrons. The first-order valence-electron chi connectivity index (χ1n) is 6.51. The number of carboxylic acids is 1.